The van der Waals surface area contributed by atoms with Gasteiger partial charge in [-0.1, -0.05) is 23.7 Å². The number of carbonyl (C=O) groups is 2. The molecule has 1 aromatic carbocycles. The molecule has 2 heterocycles. The number of rotatable bonds is 7. The standard InChI is InChI=1S/C20H20ClFN2O4S/c1-12-16(19(25)28-9-8-27-2)18(17-14(21)6-3-7-15(17)22)23-20(26)24(12)11-13-5-4-10-29-13/h3-7,10,18H,8-9,11H2,1-2H3,(H,23,26). The molecule has 6 nitrogen and oxygen atoms in total. The molecule has 0 bridgehead atoms. The second-order valence-corrected chi connectivity index (χ2v) is 7.75. The van der Waals surface area contributed by atoms with Crippen LogP contribution < -0.4 is 5.32 Å². The molecule has 2 amide bonds. The third kappa shape index (κ3) is 4.60. The van der Waals surface area contributed by atoms with Crippen molar-refractivity contribution in [3.8, 4) is 0 Å². The maximum Gasteiger partial charge on any atom is 0.338 e. The quantitative estimate of drug-likeness (QED) is 0.517. The van der Waals surface area contributed by atoms with Gasteiger partial charge in [0, 0.05) is 28.3 Å². The highest BCUT2D eigenvalue weighted by molar-refractivity contribution is 7.09. The van der Waals surface area contributed by atoms with Gasteiger partial charge in [-0.15, -0.1) is 11.3 Å². The number of hydrogen-bond acceptors (Lipinski definition) is 5. The summed E-state index contributed by atoms with van der Waals surface area (Å²) >= 11 is 7.70. The number of thiophene rings is 1. The SMILES string of the molecule is COCCOC(=O)C1=C(C)N(Cc2cccs2)C(=O)NC1c1c(F)cccc1Cl. The number of methoxy groups -OCH3 is 1. The molecule has 0 radical (unpaired) electrons. The number of halogens is 2. The average molecular weight is 439 g/mol. The van der Waals surface area contributed by atoms with Crippen LogP contribution in [-0.2, 0) is 20.8 Å². The fourth-order valence-electron chi connectivity index (χ4n) is 3.09. The van der Waals surface area contributed by atoms with Gasteiger partial charge in [0.05, 0.1) is 24.8 Å². The number of allylic oxidation sites excluding steroid dienone is 1. The van der Waals surface area contributed by atoms with Crippen LogP contribution in [-0.4, -0.2) is 37.2 Å². The minimum atomic E-state index is -1.06. The smallest absolute Gasteiger partial charge is 0.338 e. The summed E-state index contributed by atoms with van der Waals surface area (Å²) < 4.78 is 24.8. The fraction of sp³-hybridized carbons (Fsp3) is 0.300. The summed E-state index contributed by atoms with van der Waals surface area (Å²) in [5, 5.41) is 4.72. The molecular formula is C20H20ClFN2O4S. The van der Waals surface area contributed by atoms with E-state index < -0.39 is 23.9 Å². The molecule has 3 rings (SSSR count). The van der Waals surface area contributed by atoms with Gasteiger partial charge < -0.3 is 14.8 Å². The van der Waals surface area contributed by atoms with Crippen LogP contribution in [0.25, 0.3) is 0 Å². The molecule has 1 N–H and O–H groups in total. The number of carbonyl (C=O) groups excluding carboxylic acids is 2. The van der Waals surface area contributed by atoms with Crippen LogP contribution in [0.5, 0.6) is 0 Å². The van der Waals surface area contributed by atoms with E-state index in [1.165, 1.54) is 41.5 Å². The summed E-state index contributed by atoms with van der Waals surface area (Å²) in [5.41, 5.74) is 0.537. The molecular weight excluding hydrogens is 419 g/mol. The monoisotopic (exact) mass is 438 g/mol. The van der Waals surface area contributed by atoms with Gasteiger partial charge in [-0.25, -0.2) is 14.0 Å². The van der Waals surface area contributed by atoms with E-state index in [-0.39, 0.29) is 35.9 Å². The van der Waals surface area contributed by atoms with Gasteiger partial charge in [0.25, 0.3) is 0 Å². The van der Waals surface area contributed by atoms with E-state index in [9.17, 15) is 14.0 Å². The molecule has 1 aliphatic heterocycles. The molecule has 29 heavy (non-hydrogen) atoms. The van der Waals surface area contributed by atoms with E-state index in [1.807, 2.05) is 17.5 Å². The lowest BCUT2D eigenvalue weighted by molar-refractivity contribution is -0.140. The van der Waals surface area contributed by atoms with Crippen LogP contribution in [0.2, 0.25) is 5.02 Å². The molecule has 9 heteroatoms. The van der Waals surface area contributed by atoms with Crippen molar-refractivity contribution >= 4 is 34.9 Å². The van der Waals surface area contributed by atoms with Gasteiger partial charge >= 0.3 is 12.0 Å². The number of nitrogens with one attached hydrogen (secondary N) is 1. The van der Waals surface area contributed by atoms with Crippen molar-refractivity contribution < 1.29 is 23.5 Å². The van der Waals surface area contributed by atoms with Crippen molar-refractivity contribution in [1.82, 2.24) is 10.2 Å². The largest absolute Gasteiger partial charge is 0.460 e. The van der Waals surface area contributed by atoms with E-state index in [2.05, 4.69) is 5.32 Å². The Morgan fingerprint density at radius 3 is 2.76 bits per heavy atom. The second kappa shape index (κ2) is 9.39. The summed E-state index contributed by atoms with van der Waals surface area (Å²) in [5.74, 6) is -1.29. The Balaban J connectivity index is 2.04. The molecule has 0 saturated carbocycles. The Morgan fingerprint density at radius 2 is 2.10 bits per heavy atom. The summed E-state index contributed by atoms with van der Waals surface area (Å²) in [7, 11) is 1.49. The number of esters is 1. The zero-order valence-corrected chi connectivity index (χ0v) is 17.5. The normalized spacial score (nSPS) is 16.8. The highest BCUT2D eigenvalue weighted by Gasteiger charge is 2.38. The molecule has 2 aromatic rings. The van der Waals surface area contributed by atoms with Crippen LogP contribution in [0.3, 0.4) is 0 Å². The van der Waals surface area contributed by atoms with Gasteiger partial charge in [0.15, 0.2) is 0 Å². The number of amides is 2. The number of ether oxygens (including phenoxy) is 2. The number of urea groups is 1. The van der Waals surface area contributed by atoms with Crippen molar-refractivity contribution in [2.45, 2.75) is 19.5 Å². The van der Waals surface area contributed by atoms with Crippen LogP contribution in [0, 0.1) is 5.82 Å². The van der Waals surface area contributed by atoms with Gasteiger partial charge in [-0.3, -0.25) is 4.90 Å². The zero-order chi connectivity index (χ0) is 21.0. The van der Waals surface area contributed by atoms with Crippen molar-refractivity contribution in [3.63, 3.8) is 0 Å². The van der Waals surface area contributed by atoms with Gasteiger partial charge in [0.1, 0.15) is 12.4 Å². The first-order valence-electron chi connectivity index (χ1n) is 8.85. The zero-order valence-electron chi connectivity index (χ0n) is 15.9. The lowest BCUT2D eigenvalue weighted by atomic mass is 9.94. The van der Waals surface area contributed by atoms with E-state index >= 15 is 0 Å². The Morgan fingerprint density at radius 1 is 1.31 bits per heavy atom. The number of benzene rings is 1. The number of nitrogens with zero attached hydrogens (tertiary/aromatic N) is 1. The first-order valence-corrected chi connectivity index (χ1v) is 10.1. The summed E-state index contributed by atoms with van der Waals surface area (Å²) in [4.78, 5) is 28.1. The van der Waals surface area contributed by atoms with Crippen LogP contribution in [0.15, 0.2) is 47.0 Å². The molecule has 0 saturated heterocycles. The minimum absolute atomic E-state index is 0.0244. The van der Waals surface area contributed by atoms with Crippen molar-refractivity contribution in [3.05, 3.63) is 68.3 Å². The molecule has 1 aliphatic rings. The van der Waals surface area contributed by atoms with E-state index in [1.54, 1.807) is 6.92 Å². The predicted molar refractivity (Wildman–Crippen MR) is 108 cm³/mol. The predicted octanol–water partition coefficient (Wildman–Crippen LogP) is 4.27. The topological polar surface area (TPSA) is 67.9 Å². The lowest BCUT2D eigenvalue weighted by Crippen LogP contribution is -2.48. The van der Waals surface area contributed by atoms with Crippen LogP contribution in [0.4, 0.5) is 9.18 Å². The summed E-state index contributed by atoms with van der Waals surface area (Å²) in [6.45, 7) is 2.17. The highest BCUT2D eigenvalue weighted by atomic mass is 35.5. The Bertz CT molecular complexity index is 912. The third-order valence-electron chi connectivity index (χ3n) is 4.52. The molecule has 0 aliphatic carbocycles. The fourth-order valence-corrected chi connectivity index (χ4v) is 4.06. The van der Waals surface area contributed by atoms with E-state index in [0.717, 1.165) is 4.88 Å². The molecule has 0 fully saturated rings. The van der Waals surface area contributed by atoms with Crippen molar-refractivity contribution in [2.24, 2.45) is 0 Å². The Kier molecular flexibility index (Phi) is 6.89. The number of hydrogen-bond donors (Lipinski definition) is 1. The first-order chi connectivity index (χ1) is 13.9. The van der Waals surface area contributed by atoms with Crippen LogP contribution >= 0.6 is 22.9 Å². The average Bonchev–Trinajstić information content (AvgIpc) is 3.18. The van der Waals surface area contributed by atoms with Crippen molar-refractivity contribution in [1.29, 1.82) is 0 Å². The first kappa shape index (κ1) is 21.3. The second-order valence-electron chi connectivity index (χ2n) is 6.31. The molecule has 1 aromatic heterocycles. The summed E-state index contributed by atoms with van der Waals surface area (Å²) in [6, 6.07) is 6.45. The molecule has 1 atom stereocenters. The highest BCUT2D eigenvalue weighted by Crippen LogP contribution is 2.36. The Hall–Kier alpha value is -2.42. The molecule has 0 spiro atoms. The van der Waals surface area contributed by atoms with E-state index in [4.69, 9.17) is 21.1 Å². The molecule has 154 valence electrons. The maximum atomic E-state index is 14.6. The maximum absolute atomic E-state index is 14.6. The van der Waals surface area contributed by atoms with Gasteiger partial charge in [0.2, 0.25) is 0 Å². The van der Waals surface area contributed by atoms with Gasteiger partial charge in [-0.05, 0) is 30.5 Å². The molecule has 1 unspecified atom stereocenters. The Labute approximate surface area is 176 Å². The van der Waals surface area contributed by atoms with E-state index in [0.29, 0.717) is 5.70 Å². The van der Waals surface area contributed by atoms with Crippen molar-refractivity contribution in [2.75, 3.05) is 20.3 Å². The van der Waals surface area contributed by atoms with Gasteiger partial charge in [-0.2, -0.15) is 0 Å². The lowest BCUT2D eigenvalue weighted by Gasteiger charge is -2.35. The minimum Gasteiger partial charge on any atom is -0.460 e. The summed E-state index contributed by atoms with van der Waals surface area (Å²) in [6.07, 6.45) is 0. The van der Waals surface area contributed by atoms with Crippen LogP contribution in [0.1, 0.15) is 23.4 Å². The third-order valence-corrected chi connectivity index (χ3v) is 5.71.